The van der Waals surface area contributed by atoms with Crippen molar-refractivity contribution in [2.45, 2.75) is 4.90 Å². The van der Waals surface area contributed by atoms with E-state index in [9.17, 15) is 4.79 Å². The molecule has 0 atom stereocenters. The summed E-state index contributed by atoms with van der Waals surface area (Å²) in [6.45, 7) is 1.74. The molecule has 0 N–H and O–H groups in total. The fourth-order valence-corrected chi connectivity index (χ4v) is 2.22. The van der Waals surface area contributed by atoms with Crippen molar-refractivity contribution < 1.29 is 4.79 Å². The second kappa shape index (κ2) is 4.86. The molecule has 0 unspecified atom stereocenters. The first-order valence-corrected chi connectivity index (χ1v) is 6.27. The number of amides is 1. The van der Waals surface area contributed by atoms with Crippen LogP contribution < -0.4 is 0 Å². The molecule has 1 aliphatic rings. The minimum absolute atomic E-state index is 0.0835. The molecule has 1 aliphatic heterocycles. The van der Waals surface area contributed by atoms with Gasteiger partial charge in [-0.1, -0.05) is 0 Å². The lowest BCUT2D eigenvalue weighted by molar-refractivity contribution is 0.0882. The van der Waals surface area contributed by atoms with Crippen molar-refractivity contribution in [2.24, 2.45) is 0 Å². The summed E-state index contributed by atoms with van der Waals surface area (Å²) in [5.41, 5.74) is 0.699. The van der Waals surface area contributed by atoms with Gasteiger partial charge < -0.3 is 4.90 Å². The van der Waals surface area contributed by atoms with Crippen molar-refractivity contribution in [1.29, 1.82) is 0 Å². The number of nitrogens with zero attached hydrogens (tertiary/aromatic N) is 2. The maximum absolute atomic E-state index is 11.8. The summed E-state index contributed by atoms with van der Waals surface area (Å²) in [7, 11) is 0. The van der Waals surface area contributed by atoms with Gasteiger partial charge in [-0.2, -0.15) is 0 Å². The van der Waals surface area contributed by atoms with Gasteiger partial charge >= 0.3 is 0 Å². The molecule has 0 radical (unpaired) electrons. The molecule has 1 fully saturated rings. The van der Waals surface area contributed by atoms with E-state index in [1.165, 1.54) is 0 Å². The van der Waals surface area contributed by atoms with Gasteiger partial charge in [0.15, 0.2) is 0 Å². The van der Waals surface area contributed by atoms with Crippen LogP contribution in [0.3, 0.4) is 0 Å². The Labute approximate surface area is 97.8 Å². The average Bonchev–Trinajstić information content (AvgIpc) is 3.09. The summed E-state index contributed by atoms with van der Waals surface area (Å²) < 4.78 is 0. The average molecular weight is 243 g/mol. The van der Waals surface area contributed by atoms with Crippen molar-refractivity contribution in [2.75, 3.05) is 24.7 Å². The Morgan fingerprint density at radius 1 is 1.60 bits per heavy atom. The number of aromatic nitrogens is 1. The molecule has 15 heavy (non-hydrogen) atoms. The van der Waals surface area contributed by atoms with Crippen LogP contribution in [0.25, 0.3) is 0 Å². The van der Waals surface area contributed by atoms with E-state index in [0.29, 0.717) is 11.4 Å². The minimum Gasteiger partial charge on any atom is -0.335 e. The van der Waals surface area contributed by atoms with Crippen LogP contribution >= 0.6 is 23.4 Å². The summed E-state index contributed by atoms with van der Waals surface area (Å²) in [6, 6.07) is 1.87. The van der Waals surface area contributed by atoms with E-state index >= 15 is 0 Å². The molecule has 1 amide bonds. The summed E-state index contributed by atoms with van der Waals surface area (Å²) in [5, 5.41) is 0. The van der Waals surface area contributed by atoms with Gasteiger partial charge in [-0.25, -0.2) is 0 Å². The lowest BCUT2D eigenvalue weighted by Gasteiger charge is -2.06. The van der Waals surface area contributed by atoms with Gasteiger partial charge in [0.1, 0.15) is 0 Å². The number of carbonyl (C=O) groups is 1. The molecule has 0 bridgehead atoms. The van der Waals surface area contributed by atoms with E-state index in [4.69, 9.17) is 11.6 Å². The number of pyridine rings is 1. The van der Waals surface area contributed by atoms with Crippen LogP contribution in [0.1, 0.15) is 10.4 Å². The first kappa shape index (κ1) is 10.8. The van der Waals surface area contributed by atoms with E-state index in [1.54, 1.807) is 29.1 Å². The summed E-state index contributed by atoms with van der Waals surface area (Å²) in [4.78, 5) is 18.6. The minimum atomic E-state index is 0.0835. The summed E-state index contributed by atoms with van der Waals surface area (Å²) in [6.07, 6.45) is 3.34. The van der Waals surface area contributed by atoms with Crippen LogP contribution in [-0.2, 0) is 0 Å². The number of halogens is 1. The van der Waals surface area contributed by atoms with Crippen molar-refractivity contribution in [3.05, 3.63) is 24.0 Å². The summed E-state index contributed by atoms with van der Waals surface area (Å²) >= 11 is 7.23. The van der Waals surface area contributed by atoms with Crippen LogP contribution in [0, 0.1) is 0 Å². The highest BCUT2D eigenvalue weighted by Crippen LogP contribution is 2.24. The summed E-state index contributed by atoms with van der Waals surface area (Å²) in [5.74, 6) is 1.48. The fraction of sp³-hybridized carbons (Fsp3) is 0.400. The molecule has 3 nitrogen and oxygen atoms in total. The third-order valence-corrected chi connectivity index (χ3v) is 3.57. The van der Waals surface area contributed by atoms with Gasteiger partial charge in [0, 0.05) is 42.0 Å². The third-order valence-electron chi connectivity index (χ3n) is 2.08. The third kappa shape index (κ3) is 2.63. The lowest BCUT2D eigenvalue weighted by Crippen LogP contribution is -2.12. The van der Waals surface area contributed by atoms with Crippen LogP contribution in [0.15, 0.2) is 23.4 Å². The SMILES string of the molecule is O=C(c1cnccc1SCCCl)N1CC1. The number of rotatable bonds is 4. The van der Waals surface area contributed by atoms with E-state index in [2.05, 4.69) is 4.98 Å². The zero-order valence-electron chi connectivity index (χ0n) is 8.15. The zero-order valence-corrected chi connectivity index (χ0v) is 9.72. The molecule has 2 heterocycles. The predicted octanol–water partition coefficient (Wildman–Crippen LogP) is 1.87. The Morgan fingerprint density at radius 2 is 2.40 bits per heavy atom. The molecule has 0 aromatic carbocycles. The van der Waals surface area contributed by atoms with Gasteiger partial charge in [-0.15, -0.1) is 23.4 Å². The maximum Gasteiger partial charge on any atom is 0.256 e. The monoisotopic (exact) mass is 242 g/mol. The highest BCUT2D eigenvalue weighted by atomic mass is 35.5. The molecule has 2 rings (SSSR count). The molecule has 0 spiro atoms. The van der Waals surface area contributed by atoms with Gasteiger partial charge in [0.05, 0.1) is 5.56 Å². The Morgan fingerprint density at radius 3 is 3.07 bits per heavy atom. The van der Waals surface area contributed by atoms with Gasteiger partial charge in [0.25, 0.3) is 5.91 Å². The number of alkyl halides is 1. The van der Waals surface area contributed by atoms with Gasteiger partial charge in [-0.05, 0) is 6.07 Å². The smallest absolute Gasteiger partial charge is 0.256 e. The molecule has 80 valence electrons. The topological polar surface area (TPSA) is 33.0 Å². The zero-order chi connectivity index (χ0) is 10.7. The first-order chi connectivity index (χ1) is 7.33. The van der Waals surface area contributed by atoms with Gasteiger partial charge in [0.2, 0.25) is 0 Å². The molecule has 0 saturated carbocycles. The normalized spacial score (nSPS) is 14.1. The number of hydrogen-bond acceptors (Lipinski definition) is 3. The number of hydrogen-bond donors (Lipinski definition) is 0. The Balaban J connectivity index is 2.16. The number of carbonyl (C=O) groups excluding carboxylic acids is 1. The first-order valence-electron chi connectivity index (χ1n) is 4.75. The Hall–Kier alpha value is -0.740. The van der Waals surface area contributed by atoms with Crippen LogP contribution in [-0.4, -0.2) is 40.5 Å². The molecular weight excluding hydrogens is 232 g/mol. The fourth-order valence-electron chi connectivity index (χ4n) is 1.24. The molecule has 1 saturated heterocycles. The van der Waals surface area contributed by atoms with E-state index in [0.717, 1.165) is 23.7 Å². The van der Waals surface area contributed by atoms with Crippen molar-refractivity contribution >= 4 is 29.3 Å². The molecule has 0 aliphatic carbocycles. The largest absolute Gasteiger partial charge is 0.335 e. The Bertz CT molecular complexity index is 368. The van der Waals surface area contributed by atoms with Crippen LogP contribution in [0.4, 0.5) is 0 Å². The van der Waals surface area contributed by atoms with Crippen LogP contribution in [0.5, 0.6) is 0 Å². The highest BCUT2D eigenvalue weighted by molar-refractivity contribution is 7.99. The van der Waals surface area contributed by atoms with Crippen molar-refractivity contribution in [1.82, 2.24) is 9.88 Å². The second-order valence-electron chi connectivity index (χ2n) is 3.20. The van der Waals surface area contributed by atoms with Gasteiger partial charge in [-0.3, -0.25) is 9.78 Å². The maximum atomic E-state index is 11.8. The standard InChI is InChI=1S/C10H11ClN2OS/c11-2-6-15-9-1-3-12-7-8(9)10(14)13-4-5-13/h1,3,7H,2,4-6H2. The molecule has 1 aromatic rings. The van der Waals surface area contributed by atoms with Crippen LogP contribution in [0.2, 0.25) is 0 Å². The molecule has 5 heteroatoms. The van der Waals surface area contributed by atoms with E-state index in [1.807, 2.05) is 6.07 Å². The van der Waals surface area contributed by atoms with Crippen molar-refractivity contribution in [3.8, 4) is 0 Å². The quantitative estimate of drug-likeness (QED) is 0.459. The van der Waals surface area contributed by atoms with E-state index < -0.39 is 0 Å². The highest BCUT2D eigenvalue weighted by Gasteiger charge is 2.27. The Kier molecular flexibility index (Phi) is 3.49. The molecule has 1 aromatic heterocycles. The number of thioether (sulfide) groups is 1. The lowest BCUT2D eigenvalue weighted by atomic mass is 10.3. The molecular formula is C10H11ClN2OS. The predicted molar refractivity (Wildman–Crippen MR) is 61.6 cm³/mol. The second-order valence-corrected chi connectivity index (χ2v) is 4.72. The van der Waals surface area contributed by atoms with Crippen molar-refractivity contribution in [3.63, 3.8) is 0 Å². The van der Waals surface area contributed by atoms with E-state index in [-0.39, 0.29) is 5.91 Å².